The Bertz CT molecular complexity index is 493. The van der Waals surface area contributed by atoms with Crippen LogP contribution in [0.1, 0.15) is 0 Å². The number of aromatic nitrogens is 1. The van der Waals surface area contributed by atoms with Crippen LogP contribution < -0.4 is 4.74 Å². The largest absolute Gasteiger partial charge is 0.491 e. The molecule has 3 nitrogen and oxygen atoms in total. The van der Waals surface area contributed by atoms with E-state index in [0.717, 1.165) is 15.2 Å². The van der Waals surface area contributed by atoms with Gasteiger partial charge in [0.15, 0.2) is 0 Å². The van der Waals surface area contributed by atoms with Crippen molar-refractivity contribution in [2.24, 2.45) is 0 Å². The van der Waals surface area contributed by atoms with Crippen LogP contribution >= 0.6 is 27.7 Å². The molecule has 1 aromatic heterocycles. The van der Waals surface area contributed by atoms with Gasteiger partial charge in [-0.3, -0.25) is 0 Å². The van der Waals surface area contributed by atoms with Gasteiger partial charge in [0.05, 0.1) is 11.1 Å². The Morgan fingerprint density at radius 2 is 2.00 bits per heavy atom. The first-order valence-corrected chi connectivity index (χ1v) is 7.62. The Kier molecular flexibility index (Phi) is 5.69. The summed E-state index contributed by atoms with van der Waals surface area (Å²) < 4.78 is 6.51. The molecule has 0 aliphatic heterocycles. The number of benzene rings is 1. The smallest absolute Gasteiger partial charge is 0.119 e. The van der Waals surface area contributed by atoms with Crippen LogP contribution in [0.25, 0.3) is 0 Å². The van der Waals surface area contributed by atoms with Gasteiger partial charge in [0.2, 0.25) is 0 Å². The van der Waals surface area contributed by atoms with Crippen molar-refractivity contribution in [2.75, 3.05) is 12.4 Å². The molecule has 0 fully saturated rings. The Morgan fingerprint density at radius 1 is 1.21 bits per heavy atom. The zero-order chi connectivity index (χ0) is 13.5. The molecule has 1 aromatic carbocycles. The van der Waals surface area contributed by atoms with Crippen LogP contribution in [-0.2, 0) is 0 Å². The molecule has 0 aliphatic carbocycles. The number of hydrogen-bond donors (Lipinski definition) is 1. The Hall–Kier alpha value is -1.04. The standard InChI is InChI=1S/C14H14BrNO2S/c15-11-4-6-13(7-5-11)18-9-12(17)10-19-14-3-1-2-8-16-14/h1-8,12,17H,9-10H2/t12-/m1/s1. The molecule has 1 heterocycles. The molecule has 2 aromatic rings. The molecule has 0 aliphatic rings. The fourth-order valence-electron chi connectivity index (χ4n) is 1.39. The summed E-state index contributed by atoms with van der Waals surface area (Å²) in [7, 11) is 0. The van der Waals surface area contributed by atoms with E-state index in [0.29, 0.717) is 5.75 Å². The first-order valence-electron chi connectivity index (χ1n) is 5.84. The van der Waals surface area contributed by atoms with Crippen LogP contribution in [0.2, 0.25) is 0 Å². The van der Waals surface area contributed by atoms with Gasteiger partial charge in [-0.25, -0.2) is 4.98 Å². The van der Waals surface area contributed by atoms with Crippen LogP contribution in [0.5, 0.6) is 5.75 Å². The van der Waals surface area contributed by atoms with E-state index >= 15 is 0 Å². The molecule has 0 bridgehead atoms. The SMILES string of the molecule is O[C@H](COc1ccc(Br)cc1)CSc1ccccn1. The number of nitrogens with zero attached hydrogens (tertiary/aromatic N) is 1. The lowest BCUT2D eigenvalue weighted by atomic mass is 10.3. The van der Waals surface area contributed by atoms with E-state index < -0.39 is 6.10 Å². The molecular weight excluding hydrogens is 326 g/mol. The van der Waals surface area contributed by atoms with Gasteiger partial charge in [0.25, 0.3) is 0 Å². The quantitative estimate of drug-likeness (QED) is 0.819. The van der Waals surface area contributed by atoms with E-state index in [1.54, 1.807) is 6.20 Å². The Balaban J connectivity index is 1.72. The zero-order valence-corrected chi connectivity index (χ0v) is 12.6. The van der Waals surface area contributed by atoms with E-state index in [1.807, 2.05) is 42.5 Å². The van der Waals surface area contributed by atoms with Crippen molar-refractivity contribution >= 4 is 27.7 Å². The number of aliphatic hydroxyl groups excluding tert-OH is 1. The topological polar surface area (TPSA) is 42.4 Å². The maximum Gasteiger partial charge on any atom is 0.119 e. The van der Waals surface area contributed by atoms with E-state index in [9.17, 15) is 5.11 Å². The van der Waals surface area contributed by atoms with Gasteiger partial charge in [-0.2, -0.15) is 0 Å². The van der Waals surface area contributed by atoms with Gasteiger partial charge in [-0.05, 0) is 36.4 Å². The van der Waals surface area contributed by atoms with E-state index in [4.69, 9.17) is 4.74 Å². The second-order valence-electron chi connectivity index (χ2n) is 3.90. The monoisotopic (exact) mass is 339 g/mol. The maximum atomic E-state index is 9.84. The van der Waals surface area contributed by atoms with Gasteiger partial charge in [0, 0.05) is 16.4 Å². The third-order valence-corrected chi connectivity index (χ3v) is 3.93. The lowest BCUT2D eigenvalue weighted by Crippen LogP contribution is -2.20. The van der Waals surface area contributed by atoms with Gasteiger partial charge < -0.3 is 9.84 Å². The van der Waals surface area contributed by atoms with Crippen LogP contribution in [0.4, 0.5) is 0 Å². The van der Waals surface area contributed by atoms with Crippen LogP contribution in [-0.4, -0.2) is 28.6 Å². The van der Waals surface area contributed by atoms with Crippen LogP contribution in [0.15, 0.2) is 58.2 Å². The number of ether oxygens (including phenoxy) is 1. The molecule has 0 unspecified atom stereocenters. The summed E-state index contributed by atoms with van der Waals surface area (Å²) in [6.07, 6.45) is 1.23. The molecule has 1 atom stereocenters. The molecule has 0 amide bonds. The van der Waals surface area contributed by atoms with Crippen LogP contribution in [0.3, 0.4) is 0 Å². The molecule has 100 valence electrons. The summed E-state index contributed by atoms with van der Waals surface area (Å²) in [5, 5.41) is 10.8. The highest BCUT2D eigenvalue weighted by atomic mass is 79.9. The Labute approximate surface area is 125 Å². The highest BCUT2D eigenvalue weighted by Crippen LogP contribution is 2.18. The molecule has 1 N–H and O–H groups in total. The van der Waals surface area contributed by atoms with Crippen molar-refractivity contribution in [1.29, 1.82) is 0 Å². The minimum Gasteiger partial charge on any atom is -0.491 e. The number of halogens is 1. The predicted molar refractivity (Wildman–Crippen MR) is 80.6 cm³/mol. The van der Waals surface area contributed by atoms with Crippen molar-refractivity contribution in [2.45, 2.75) is 11.1 Å². The van der Waals surface area contributed by atoms with Crippen LogP contribution in [0, 0.1) is 0 Å². The fourth-order valence-corrected chi connectivity index (χ4v) is 2.42. The summed E-state index contributed by atoms with van der Waals surface area (Å²) in [5.74, 6) is 1.32. The average Bonchev–Trinajstić information content (AvgIpc) is 2.45. The summed E-state index contributed by atoms with van der Waals surface area (Å²) in [5.41, 5.74) is 0. The highest BCUT2D eigenvalue weighted by Gasteiger charge is 2.06. The zero-order valence-electron chi connectivity index (χ0n) is 10.2. The van der Waals surface area contributed by atoms with Gasteiger partial charge in [-0.15, -0.1) is 11.8 Å². The summed E-state index contributed by atoms with van der Waals surface area (Å²) >= 11 is 4.88. The molecule has 2 rings (SSSR count). The summed E-state index contributed by atoms with van der Waals surface area (Å²) in [6.45, 7) is 0.279. The second kappa shape index (κ2) is 7.53. The van der Waals surface area contributed by atoms with Crippen molar-refractivity contribution in [3.05, 3.63) is 53.1 Å². The van der Waals surface area contributed by atoms with Crippen molar-refractivity contribution < 1.29 is 9.84 Å². The minimum atomic E-state index is -0.518. The third-order valence-electron chi connectivity index (χ3n) is 2.32. The minimum absolute atomic E-state index is 0.279. The van der Waals surface area contributed by atoms with E-state index in [-0.39, 0.29) is 6.61 Å². The Morgan fingerprint density at radius 3 is 2.68 bits per heavy atom. The lowest BCUT2D eigenvalue weighted by molar-refractivity contribution is 0.126. The molecule has 5 heteroatoms. The molecule has 0 saturated carbocycles. The summed E-state index contributed by atoms with van der Waals surface area (Å²) in [6, 6.07) is 13.3. The number of pyridine rings is 1. The number of rotatable bonds is 6. The maximum absolute atomic E-state index is 9.84. The molecule has 0 spiro atoms. The third kappa shape index (κ3) is 5.22. The van der Waals surface area contributed by atoms with Gasteiger partial charge in [-0.1, -0.05) is 22.0 Å². The number of aliphatic hydroxyl groups is 1. The van der Waals surface area contributed by atoms with Gasteiger partial charge in [0.1, 0.15) is 12.4 Å². The first-order chi connectivity index (χ1) is 9.24. The number of hydrogen-bond acceptors (Lipinski definition) is 4. The van der Waals surface area contributed by atoms with Gasteiger partial charge >= 0.3 is 0 Å². The predicted octanol–water partition coefficient (Wildman–Crippen LogP) is 3.38. The van der Waals surface area contributed by atoms with E-state index in [1.165, 1.54) is 11.8 Å². The first kappa shape index (κ1) is 14.4. The molecule has 0 radical (unpaired) electrons. The molecule has 0 saturated heterocycles. The van der Waals surface area contributed by atoms with Crippen molar-refractivity contribution in [1.82, 2.24) is 4.98 Å². The van der Waals surface area contributed by atoms with E-state index in [2.05, 4.69) is 20.9 Å². The average molecular weight is 340 g/mol. The second-order valence-corrected chi connectivity index (χ2v) is 5.85. The van der Waals surface area contributed by atoms with Crippen molar-refractivity contribution in [3.8, 4) is 5.75 Å². The number of thioether (sulfide) groups is 1. The summed E-state index contributed by atoms with van der Waals surface area (Å²) in [4.78, 5) is 4.18. The molecular formula is C14H14BrNO2S. The normalized spacial score (nSPS) is 12.1. The highest BCUT2D eigenvalue weighted by molar-refractivity contribution is 9.10. The lowest BCUT2D eigenvalue weighted by Gasteiger charge is -2.11. The fraction of sp³-hybridized carbons (Fsp3) is 0.214. The van der Waals surface area contributed by atoms with Crippen molar-refractivity contribution in [3.63, 3.8) is 0 Å². The molecule has 19 heavy (non-hydrogen) atoms.